The standard InChI is InChI=1S/C15H18F3NO2/c1-11-3-4-13(12(2)9-11)5-6-14(21)19(7-8-20)10-15(16,17)18/h3-6,9,20H,7-8,10H2,1-2H3/b6-5+. The van der Waals surface area contributed by atoms with Crippen LogP contribution in [0.1, 0.15) is 16.7 Å². The van der Waals surface area contributed by atoms with E-state index in [4.69, 9.17) is 5.11 Å². The molecule has 116 valence electrons. The molecule has 0 saturated carbocycles. The number of nitrogens with zero attached hydrogens (tertiary/aromatic N) is 1. The van der Waals surface area contributed by atoms with Crippen LogP contribution in [0.4, 0.5) is 13.2 Å². The number of rotatable bonds is 5. The van der Waals surface area contributed by atoms with Crippen molar-refractivity contribution in [2.24, 2.45) is 0 Å². The first-order valence-corrected chi connectivity index (χ1v) is 6.45. The van der Waals surface area contributed by atoms with Crippen molar-refractivity contribution in [3.8, 4) is 0 Å². The van der Waals surface area contributed by atoms with Crippen molar-refractivity contribution in [3.05, 3.63) is 41.0 Å². The largest absolute Gasteiger partial charge is 0.406 e. The molecule has 0 radical (unpaired) electrons. The Morgan fingerprint density at radius 1 is 1.33 bits per heavy atom. The molecular formula is C15H18F3NO2. The summed E-state index contributed by atoms with van der Waals surface area (Å²) >= 11 is 0. The molecule has 0 saturated heterocycles. The maximum absolute atomic E-state index is 12.4. The fourth-order valence-electron chi connectivity index (χ4n) is 1.88. The number of carbonyl (C=O) groups is 1. The van der Waals surface area contributed by atoms with Crippen LogP contribution < -0.4 is 0 Å². The Morgan fingerprint density at radius 2 is 2.00 bits per heavy atom. The van der Waals surface area contributed by atoms with Crippen molar-refractivity contribution < 1.29 is 23.1 Å². The third-order valence-corrected chi connectivity index (χ3v) is 2.88. The molecule has 0 aliphatic carbocycles. The Hall–Kier alpha value is -1.82. The summed E-state index contributed by atoms with van der Waals surface area (Å²) in [6.45, 7) is 1.55. The molecule has 1 aromatic rings. The molecule has 0 unspecified atom stereocenters. The zero-order valence-electron chi connectivity index (χ0n) is 11.9. The highest BCUT2D eigenvalue weighted by Gasteiger charge is 2.32. The Bertz CT molecular complexity index is 524. The van der Waals surface area contributed by atoms with Gasteiger partial charge in [0.25, 0.3) is 0 Å². The second-order valence-electron chi connectivity index (χ2n) is 4.79. The topological polar surface area (TPSA) is 40.5 Å². The van der Waals surface area contributed by atoms with Crippen LogP contribution in [-0.2, 0) is 4.79 Å². The molecule has 1 N–H and O–H groups in total. The number of aliphatic hydroxyl groups excluding tert-OH is 1. The van der Waals surface area contributed by atoms with E-state index in [1.807, 2.05) is 26.0 Å². The van der Waals surface area contributed by atoms with Gasteiger partial charge in [-0.1, -0.05) is 23.8 Å². The summed E-state index contributed by atoms with van der Waals surface area (Å²) in [6, 6.07) is 5.58. The fraction of sp³-hybridized carbons (Fsp3) is 0.400. The lowest BCUT2D eigenvalue weighted by molar-refractivity contribution is -0.158. The van der Waals surface area contributed by atoms with Gasteiger partial charge in [0, 0.05) is 12.6 Å². The molecule has 3 nitrogen and oxygen atoms in total. The predicted molar refractivity (Wildman–Crippen MR) is 74.7 cm³/mol. The Balaban J connectivity index is 2.82. The molecule has 1 amide bonds. The van der Waals surface area contributed by atoms with Crippen LogP contribution in [0.2, 0.25) is 0 Å². The van der Waals surface area contributed by atoms with E-state index in [9.17, 15) is 18.0 Å². The van der Waals surface area contributed by atoms with Gasteiger partial charge in [0.2, 0.25) is 5.91 Å². The van der Waals surface area contributed by atoms with E-state index in [0.717, 1.165) is 22.8 Å². The number of carbonyl (C=O) groups excluding carboxylic acids is 1. The van der Waals surface area contributed by atoms with E-state index < -0.39 is 25.2 Å². The van der Waals surface area contributed by atoms with Gasteiger partial charge in [-0.25, -0.2) is 0 Å². The van der Waals surface area contributed by atoms with Crippen LogP contribution in [0.3, 0.4) is 0 Å². The smallest absolute Gasteiger partial charge is 0.395 e. The maximum atomic E-state index is 12.4. The summed E-state index contributed by atoms with van der Waals surface area (Å²) < 4.78 is 37.1. The molecule has 1 rings (SSSR count). The number of aryl methyl sites for hydroxylation is 2. The molecule has 21 heavy (non-hydrogen) atoms. The third-order valence-electron chi connectivity index (χ3n) is 2.88. The average Bonchev–Trinajstić information content (AvgIpc) is 2.35. The number of alkyl halides is 3. The molecular weight excluding hydrogens is 283 g/mol. The first-order chi connectivity index (χ1) is 9.73. The Labute approximate surface area is 121 Å². The highest BCUT2D eigenvalue weighted by molar-refractivity contribution is 5.92. The molecule has 0 bridgehead atoms. The molecule has 0 aliphatic rings. The molecule has 0 aromatic heterocycles. The number of benzene rings is 1. The summed E-state index contributed by atoms with van der Waals surface area (Å²) in [6.07, 6.45) is -1.91. The normalized spacial score (nSPS) is 11.9. The van der Waals surface area contributed by atoms with Crippen molar-refractivity contribution in [1.29, 1.82) is 0 Å². The molecule has 6 heteroatoms. The summed E-state index contributed by atoms with van der Waals surface area (Å²) in [5, 5.41) is 8.76. The second-order valence-corrected chi connectivity index (χ2v) is 4.79. The first kappa shape index (κ1) is 17.2. The molecule has 0 fully saturated rings. The van der Waals surface area contributed by atoms with Gasteiger partial charge in [-0.3, -0.25) is 4.79 Å². The lowest BCUT2D eigenvalue weighted by Gasteiger charge is -2.21. The SMILES string of the molecule is Cc1ccc(/C=C/C(=O)N(CCO)CC(F)(F)F)c(C)c1. The first-order valence-electron chi connectivity index (χ1n) is 6.45. The molecule has 1 aromatic carbocycles. The summed E-state index contributed by atoms with van der Waals surface area (Å²) in [7, 11) is 0. The monoisotopic (exact) mass is 301 g/mol. The van der Waals surface area contributed by atoms with Gasteiger partial charge in [0.05, 0.1) is 6.61 Å². The van der Waals surface area contributed by atoms with Crippen LogP contribution in [0.5, 0.6) is 0 Å². The van der Waals surface area contributed by atoms with E-state index in [1.165, 1.54) is 6.08 Å². The van der Waals surface area contributed by atoms with Crippen LogP contribution in [0, 0.1) is 13.8 Å². The van der Waals surface area contributed by atoms with E-state index in [2.05, 4.69) is 0 Å². The average molecular weight is 301 g/mol. The van der Waals surface area contributed by atoms with Gasteiger partial charge in [-0.15, -0.1) is 0 Å². The van der Waals surface area contributed by atoms with Crippen molar-refractivity contribution in [1.82, 2.24) is 4.90 Å². The Kier molecular flexibility index (Phi) is 5.96. The highest BCUT2D eigenvalue weighted by atomic mass is 19.4. The van der Waals surface area contributed by atoms with Gasteiger partial charge in [0.1, 0.15) is 6.54 Å². The van der Waals surface area contributed by atoms with Gasteiger partial charge >= 0.3 is 6.18 Å². The highest BCUT2D eigenvalue weighted by Crippen LogP contribution is 2.17. The molecule has 0 spiro atoms. The maximum Gasteiger partial charge on any atom is 0.406 e. The van der Waals surface area contributed by atoms with E-state index in [0.29, 0.717) is 4.90 Å². The van der Waals surface area contributed by atoms with Crippen molar-refractivity contribution in [2.45, 2.75) is 20.0 Å². The van der Waals surface area contributed by atoms with Gasteiger partial charge in [-0.2, -0.15) is 13.2 Å². The Morgan fingerprint density at radius 3 is 2.52 bits per heavy atom. The summed E-state index contributed by atoms with van der Waals surface area (Å²) in [4.78, 5) is 12.4. The minimum atomic E-state index is -4.49. The van der Waals surface area contributed by atoms with E-state index >= 15 is 0 Å². The van der Waals surface area contributed by atoms with Crippen LogP contribution in [0.15, 0.2) is 24.3 Å². The van der Waals surface area contributed by atoms with Crippen LogP contribution in [0.25, 0.3) is 6.08 Å². The van der Waals surface area contributed by atoms with Crippen molar-refractivity contribution >= 4 is 12.0 Å². The lowest BCUT2D eigenvalue weighted by Crippen LogP contribution is -2.39. The third kappa shape index (κ3) is 5.99. The fourth-order valence-corrected chi connectivity index (χ4v) is 1.88. The molecule has 0 aliphatic heterocycles. The minimum absolute atomic E-state index is 0.352. The quantitative estimate of drug-likeness (QED) is 0.850. The van der Waals surface area contributed by atoms with Crippen molar-refractivity contribution in [2.75, 3.05) is 19.7 Å². The predicted octanol–water partition coefficient (Wildman–Crippen LogP) is 2.70. The van der Waals surface area contributed by atoms with Gasteiger partial charge in [0.15, 0.2) is 0 Å². The summed E-state index contributed by atoms with van der Waals surface area (Å²) in [5.74, 6) is -0.777. The van der Waals surface area contributed by atoms with Crippen LogP contribution in [-0.4, -0.2) is 41.8 Å². The zero-order valence-corrected chi connectivity index (χ0v) is 11.9. The summed E-state index contributed by atoms with van der Waals surface area (Å²) in [5.41, 5.74) is 2.77. The molecule has 0 atom stereocenters. The van der Waals surface area contributed by atoms with Crippen LogP contribution >= 0.6 is 0 Å². The van der Waals surface area contributed by atoms with Crippen molar-refractivity contribution in [3.63, 3.8) is 0 Å². The number of amides is 1. The van der Waals surface area contributed by atoms with E-state index in [1.54, 1.807) is 6.07 Å². The van der Waals surface area contributed by atoms with E-state index in [-0.39, 0.29) is 6.54 Å². The van der Waals surface area contributed by atoms with Gasteiger partial charge in [-0.05, 0) is 31.1 Å². The second kappa shape index (κ2) is 7.26. The lowest BCUT2D eigenvalue weighted by atomic mass is 10.1. The number of hydrogen-bond donors (Lipinski definition) is 1. The molecule has 0 heterocycles. The number of halogens is 3. The number of hydrogen-bond acceptors (Lipinski definition) is 2. The van der Waals surface area contributed by atoms with Gasteiger partial charge < -0.3 is 10.0 Å². The number of aliphatic hydroxyl groups is 1. The zero-order chi connectivity index (χ0) is 16.0. The minimum Gasteiger partial charge on any atom is -0.395 e.